The summed E-state index contributed by atoms with van der Waals surface area (Å²) in [6.45, 7) is 0. The molecular weight excluding hydrogens is 236 g/mol. The Morgan fingerprint density at radius 3 is 2.79 bits per heavy atom. The van der Waals surface area contributed by atoms with Gasteiger partial charge in [0.2, 0.25) is 0 Å². The number of aromatic nitrogens is 1. The molecule has 3 rings (SSSR count). The Bertz CT molecular complexity index is 597. The summed E-state index contributed by atoms with van der Waals surface area (Å²) < 4.78 is 5.24. The summed E-state index contributed by atoms with van der Waals surface area (Å²) in [4.78, 5) is 4.23. The maximum atomic E-state index is 6.62. The first-order chi connectivity index (χ1) is 9.21. The van der Waals surface area contributed by atoms with Crippen LogP contribution >= 0.6 is 0 Å². The third-order valence-corrected chi connectivity index (χ3v) is 3.99. The lowest BCUT2D eigenvalue weighted by Gasteiger charge is -2.35. The van der Waals surface area contributed by atoms with Crippen LogP contribution < -0.4 is 10.5 Å². The van der Waals surface area contributed by atoms with Gasteiger partial charge in [-0.05, 0) is 42.0 Å². The molecule has 1 atom stereocenters. The SMILES string of the molecule is COc1cncc(C2(N)CCc3ccccc3C2)c1. The molecule has 1 aliphatic carbocycles. The normalized spacial score (nSPS) is 21.8. The molecule has 0 saturated carbocycles. The first-order valence-electron chi connectivity index (χ1n) is 6.56. The Morgan fingerprint density at radius 1 is 1.21 bits per heavy atom. The highest BCUT2D eigenvalue weighted by atomic mass is 16.5. The molecule has 0 amide bonds. The molecule has 2 N–H and O–H groups in total. The van der Waals surface area contributed by atoms with Crippen molar-refractivity contribution >= 4 is 0 Å². The van der Waals surface area contributed by atoms with E-state index in [1.54, 1.807) is 13.3 Å². The number of methoxy groups -OCH3 is 1. The molecule has 19 heavy (non-hydrogen) atoms. The van der Waals surface area contributed by atoms with E-state index in [0.717, 1.165) is 30.6 Å². The van der Waals surface area contributed by atoms with Crippen LogP contribution in [0.2, 0.25) is 0 Å². The number of hydrogen-bond acceptors (Lipinski definition) is 3. The third-order valence-electron chi connectivity index (χ3n) is 3.99. The predicted molar refractivity (Wildman–Crippen MR) is 75.1 cm³/mol. The topological polar surface area (TPSA) is 48.1 Å². The Kier molecular flexibility index (Phi) is 2.99. The van der Waals surface area contributed by atoms with Crippen LogP contribution in [0.5, 0.6) is 5.75 Å². The zero-order chi connectivity index (χ0) is 13.3. The van der Waals surface area contributed by atoms with Crippen molar-refractivity contribution in [2.75, 3.05) is 7.11 Å². The van der Waals surface area contributed by atoms with Crippen molar-refractivity contribution in [2.24, 2.45) is 5.73 Å². The number of rotatable bonds is 2. The Hall–Kier alpha value is -1.87. The molecule has 1 heterocycles. The molecule has 0 radical (unpaired) electrons. The lowest BCUT2D eigenvalue weighted by molar-refractivity contribution is 0.376. The maximum absolute atomic E-state index is 6.62. The van der Waals surface area contributed by atoms with E-state index in [0.29, 0.717) is 0 Å². The van der Waals surface area contributed by atoms with Gasteiger partial charge < -0.3 is 10.5 Å². The highest BCUT2D eigenvalue weighted by Crippen LogP contribution is 2.35. The van der Waals surface area contributed by atoms with Crippen molar-refractivity contribution < 1.29 is 4.74 Å². The van der Waals surface area contributed by atoms with E-state index in [1.165, 1.54) is 11.1 Å². The van der Waals surface area contributed by atoms with Crippen LogP contribution in [-0.2, 0) is 18.4 Å². The summed E-state index contributed by atoms with van der Waals surface area (Å²) in [5.41, 5.74) is 10.1. The van der Waals surface area contributed by atoms with Crippen LogP contribution in [0.3, 0.4) is 0 Å². The zero-order valence-electron chi connectivity index (χ0n) is 11.1. The van der Waals surface area contributed by atoms with E-state index in [-0.39, 0.29) is 5.54 Å². The van der Waals surface area contributed by atoms with Crippen LogP contribution in [0.1, 0.15) is 23.1 Å². The molecule has 1 aromatic heterocycles. The quantitative estimate of drug-likeness (QED) is 0.895. The molecule has 2 aromatic rings. The molecule has 3 nitrogen and oxygen atoms in total. The van der Waals surface area contributed by atoms with E-state index < -0.39 is 0 Å². The summed E-state index contributed by atoms with van der Waals surface area (Å²) in [6.07, 6.45) is 6.39. The maximum Gasteiger partial charge on any atom is 0.137 e. The fraction of sp³-hybridized carbons (Fsp3) is 0.312. The van der Waals surface area contributed by atoms with Gasteiger partial charge in [0.15, 0.2) is 0 Å². The first-order valence-corrected chi connectivity index (χ1v) is 6.56. The number of nitrogens with two attached hydrogens (primary N) is 1. The van der Waals surface area contributed by atoms with Crippen LogP contribution in [0.15, 0.2) is 42.7 Å². The number of hydrogen-bond donors (Lipinski definition) is 1. The van der Waals surface area contributed by atoms with E-state index in [4.69, 9.17) is 10.5 Å². The standard InChI is InChI=1S/C16H18N2O/c1-19-15-8-14(10-18-11-15)16(17)7-6-12-4-2-3-5-13(12)9-16/h2-5,8,10-11H,6-7,9,17H2,1H3. The fourth-order valence-electron chi connectivity index (χ4n) is 2.81. The molecule has 98 valence electrons. The average molecular weight is 254 g/mol. The largest absolute Gasteiger partial charge is 0.495 e. The Labute approximate surface area is 113 Å². The van der Waals surface area contributed by atoms with E-state index >= 15 is 0 Å². The van der Waals surface area contributed by atoms with E-state index in [1.807, 2.05) is 12.3 Å². The highest BCUT2D eigenvalue weighted by molar-refractivity contribution is 5.37. The Balaban J connectivity index is 1.96. The number of benzene rings is 1. The molecule has 0 fully saturated rings. The van der Waals surface area contributed by atoms with Crippen molar-refractivity contribution in [1.82, 2.24) is 4.98 Å². The lowest BCUT2D eigenvalue weighted by Crippen LogP contribution is -2.42. The summed E-state index contributed by atoms with van der Waals surface area (Å²) in [6, 6.07) is 10.5. The number of aryl methyl sites for hydroxylation is 1. The molecule has 1 aromatic carbocycles. The minimum absolute atomic E-state index is 0.337. The summed E-state index contributed by atoms with van der Waals surface area (Å²) >= 11 is 0. The van der Waals surface area contributed by atoms with E-state index in [2.05, 4.69) is 29.2 Å². The highest BCUT2D eigenvalue weighted by Gasteiger charge is 2.32. The number of fused-ring (bicyclic) bond motifs is 1. The van der Waals surface area contributed by atoms with Gasteiger partial charge in [0.1, 0.15) is 5.75 Å². The smallest absolute Gasteiger partial charge is 0.137 e. The minimum Gasteiger partial charge on any atom is -0.495 e. The van der Waals surface area contributed by atoms with Gasteiger partial charge in [-0.15, -0.1) is 0 Å². The van der Waals surface area contributed by atoms with Gasteiger partial charge in [-0.1, -0.05) is 24.3 Å². The Morgan fingerprint density at radius 2 is 2.00 bits per heavy atom. The second kappa shape index (κ2) is 4.67. The van der Waals surface area contributed by atoms with Crippen molar-refractivity contribution in [3.05, 3.63) is 59.4 Å². The van der Waals surface area contributed by atoms with Gasteiger partial charge >= 0.3 is 0 Å². The molecular formula is C16H18N2O. The monoisotopic (exact) mass is 254 g/mol. The molecule has 0 spiro atoms. The summed E-state index contributed by atoms with van der Waals surface area (Å²) in [5.74, 6) is 0.765. The second-order valence-corrected chi connectivity index (χ2v) is 5.22. The number of nitrogens with zero attached hydrogens (tertiary/aromatic N) is 1. The fourth-order valence-corrected chi connectivity index (χ4v) is 2.81. The number of ether oxygens (including phenoxy) is 1. The van der Waals surface area contributed by atoms with Gasteiger partial charge in [0.25, 0.3) is 0 Å². The van der Waals surface area contributed by atoms with Crippen molar-refractivity contribution in [3.63, 3.8) is 0 Å². The minimum atomic E-state index is -0.337. The molecule has 0 saturated heterocycles. The van der Waals surface area contributed by atoms with Crippen LogP contribution in [0, 0.1) is 0 Å². The second-order valence-electron chi connectivity index (χ2n) is 5.22. The molecule has 3 heteroatoms. The molecule has 1 aliphatic rings. The van der Waals surface area contributed by atoms with Crippen LogP contribution in [0.4, 0.5) is 0 Å². The van der Waals surface area contributed by atoms with Gasteiger partial charge in [-0.3, -0.25) is 4.98 Å². The van der Waals surface area contributed by atoms with Gasteiger partial charge in [0.05, 0.1) is 13.3 Å². The van der Waals surface area contributed by atoms with Gasteiger partial charge in [-0.25, -0.2) is 0 Å². The predicted octanol–water partition coefficient (Wildman–Crippen LogP) is 2.43. The summed E-state index contributed by atoms with van der Waals surface area (Å²) in [7, 11) is 1.65. The third kappa shape index (κ3) is 2.22. The number of pyridine rings is 1. The molecule has 0 aliphatic heterocycles. The van der Waals surface area contributed by atoms with Crippen LogP contribution in [0.25, 0.3) is 0 Å². The lowest BCUT2D eigenvalue weighted by atomic mass is 9.75. The van der Waals surface area contributed by atoms with Gasteiger partial charge in [-0.2, -0.15) is 0 Å². The molecule has 1 unspecified atom stereocenters. The van der Waals surface area contributed by atoms with Crippen molar-refractivity contribution in [3.8, 4) is 5.75 Å². The summed E-state index contributed by atoms with van der Waals surface area (Å²) in [5, 5.41) is 0. The molecule has 0 bridgehead atoms. The average Bonchev–Trinajstić information content (AvgIpc) is 2.47. The van der Waals surface area contributed by atoms with Crippen LogP contribution in [-0.4, -0.2) is 12.1 Å². The van der Waals surface area contributed by atoms with E-state index in [9.17, 15) is 0 Å². The van der Waals surface area contributed by atoms with Gasteiger partial charge in [0, 0.05) is 11.7 Å². The van der Waals surface area contributed by atoms with Crippen molar-refractivity contribution in [1.29, 1.82) is 0 Å². The first kappa shape index (κ1) is 12.2. The van der Waals surface area contributed by atoms with Crippen molar-refractivity contribution in [2.45, 2.75) is 24.8 Å². The zero-order valence-corrected chi connectivity index (χ0v) is 11.1.